The third-order valence-electron chi connectivity index (χ3n) is 5.63. The van der Waals surface area contributed by atoms with Crippen LogP contribution >= 0.6 is 0 Å². The standard InChI is InChI=1S/C22H30N2O4S2/c1-13-9-15(3)21(16(4)10-13)29(25,26)23-19-7-8-20(19)24-30(27,28)22-17(5)11-14(2)12-18(22)6/h9-12,19-20,23-24H,7-8H2,1-6H3/t19-,20+. The average molecular weight is 451 g/mol. The van der Waals surface area contributed by atoms with E-state index in [0.29, 0.717) is 35.1 Å². The lowest BCUT2D eigenvalue weighted by Gasteiger charge is -2.37. The highest BCUT2D eigenvalue weighted by atomic mass is 32.2. The molecule has 2 atom stereocenters. The molecule has 0 saturated heterocycles. The number of hydrogen-bond donors (Lipinski definition) is 2. The molecule has 164 valence electrons. The molecule has 1 fully saturated rings. The van der Waals surface area contributed by atoms with Crippen molar-refractivity contribution in [3.63, 3.8) is 0 Å². The Labute approximate surface area is 180 Å². The second-order valence-corrected chi connectivity index (χ2v) is 11.8. The lowest BCUT2D eigenvalue weighted by molar-refractivity contribution is 0.298. The summed E-state index contributed by atoms with van der Waals surface area (Å²) < 4.78 is 57.5. The second kappa shape index (κ2) is 8.07. The highest BCUT2D eigenvalue weighted by Gasteiger charge is 2.38. The minimum atomic E-state index is -3.76. The minimum absolute atomic E-state index is 0.270. The van der Waals surface area contributed by atoms with Gasteiger partial charge in [-0.05, 0) is 76.6 Å². The van der Waals surface area contributed by atoms with Gasteiger partial charge < -0.3 is 0 Å². The van der Waals surface area contributed by atoms with Crippen molar-refractivity contribution in [3.05, 3.63) is 57.6 Å². The quantitative estimate of drug-likeness (QED) is 0.706. The van der Waals surface area contributed by atoms with Crippen LogP contribution in [0.25, 0.3) is 0 Å². The third-order valence-corrected chi connectivity index (χ3v) is 9.22. The molecule has 30 heavy (non-hydrogen) atoms. The third kappa shape index (κ3) is 4.46. The molecule has 0 heterocycles. The van der Waals surface area contributed by atoms with Crippen molar-refractivity contribution in [2.75, 3.05) is 0 Å². The predicted molar refractivity (Wildman–Crippen MR) is 119 cm³/mol. The van der Waals surface area contributed by atoms with Gasteiger partial charge in [-0.2, -0.15) is 0 Å². The fraction of sp³-hybridized carbons (Fsp3) is 0.455. The molecule has 1 aliphatic carbocycles. The first-order valence-corrected chi connectivity index (χ1v) is 13.0. The van der Waals surface area contributed by atoms with Crippen LogP contribution in [0.3, 0.4) is 0 Å². The molecule has 8 heteroatoms. The summed E-state index contributed by atoms with van der Waals surface area (Å²) in [6.07, 6.45) is 1.17. The van der Waals surface area contributed by atoms with Crippen LogP contribution in [0.4, 0.5) is 0 Å². The molecule has 1 aliphatic rings. The van der Waals surface area contributed by atoms with E-state index in [4.69, 9.17) is 0 Å². The number of benzene rings is 2. The lowest BCUT2D eigenvalue weighted by Crippen LogP contribution is -2.58. The van der Waals surface area contributed by atoms with Crippen molar-refractivity contribution >= 4 is 20.0 Å². The summed E-state index contributed by atoms with van der Waals surface area (Å²) in [6, 6.07) is 6.40. The van der Waals surface area contributed by atoms with Gasteiger partial charge in [0.05, 0.1) is 9.79 Å². The maximum absolute atomic E-state index is 13.0. The molecule has 0 bridgehead atoms. The van der Waals surface area contributed by atoms with E-state index in [-0.39, 0.29) is 9.79 Å². The van der Waals surface area contributed by atoms with E-state index in [0.717, 1.165) is 11.1 Å². The summed E-state index contributed by atoms with van der Waals surface area (Å²) >= 11 is 0. The molecule has 0 unspecified atom stereocenters. The van der Waals surface area contributed by atoms with Gasteiger partial charge in [0.2, 0.25) is 20.0 Å². The molecular formula is C22H30N2O4S2. The van der Waals surface area contributed by atoms with Gasteiger partial charge in [0.1, 0.15) is 0 Å². The van der Waals surface area contributed by atoms with Gasteiger partial charge in [-0.25, -0.2) is 26.3 Å². The van der Waals surface area contributed by atoms with E-state index in [1.54, 1.807) is 27.7 Å². The van der Waals surface area contributed by atoms with Crippen molar-refractivity contribution in [3.8, 4) is 0 Å². The van der Waals surface area contributed by atoms with Crippen LogP contribution in [0.1, 0.15) is 46.2 Å². The smallest absolute Gasteiger partial charge is 0.207 e. The van der Waals surface area contributed by atoms with Gasteiger partial charge in [0.15, 0.2) is 0 Å². The number of sulfonamides is 2. The zero-order valence-electron chi connectivity index (χ0n) is 18.3. The van der Waals surface area contributed by atoms with Crippen molar-refractivity contribution in [2.45, 2.75) is 76.3 Å². The maximum Gasteiger partial charge on any atom is 0.241 e. The molecule has 0 spiro atoms. The van der Waals surface area contributed by atoms with Crippen LogP contribution < -0.4 is 9.44 Å². The minimum Gasteiger partial charge on any atom is -0.207 e. The largest absolute Gasteiger partial charge is 0.241 e. The van der Waals surface area contributed by atoms with E-state index in [9.17, 15) is 16.8 Å². The van der Waals surface area contributed by atoms with Crippen molar-refractivity contribution < 1.29 is 16.8 Å². The second-order valence-electron chi connectivity index (χ2n) is 8.49. The van der Waals surface area contributed by atoms with E-state index in [2.05, 4.69) is 9.44 Å². The lowest BCUT2D eigenvalue weighted by atomic mass is 9.88. The first-order valence-electron chi connectivity index (χ1n) is 10.0. The number of rotatable bonds is 6. The van der Waals surface area contributed by atoms with Crippen LogP contribution in [0, 0.1) is 41.5 Å². The van der Waals surface area contributed by atoms with Gasteiger partial charge in [-0.15, -0.1) is 0 Å². The Morgan fingerprint density at radius 2 is 0.867 bits per heavy atom. The van der Waals surface area contributed by atoms with E-state index in [1.807, 2.05) is 38.1 Å². The molecule has 3 rings (SSSR count). The Morgan fingerprint density at radius 3 is 1.10 bits per heavy atom. The van der Waals surface area contributed by atoms with Crippen molar-refractivity contribution in [2.24, 2.45) is 0 Å². The van der Waals surface area contributed by atoms with E-state index >= 15 is 0 Å². The van der Waals surface area contributed by atoms with Crippen LogP contribution in [-0.2, 0) is 20.0 Å². The first kappa shape index (κ1) is 22.9. The van der Waals surface area contributed by atoms with Gasteiger partial charge in [-0.3, -0.25) is 0 Å². The summed E-state index contributed by atoms with van der Waals surface area (Å²) in [5.74, 6) is 0. The first-order chi connectivity index (χ1) is 13.8. The normalized spacial score (nSPS) is 19.5. The molecule has 0 aromatic heterocycles. The number of aryl methyl sites for hydroxylation is 6. The van der Waals surface area contributed by atoms with E-state index in [1.165, 1.54) is 0 Å². The topological polar surface area (TPSA) is 92.3 Å². The zero-order chi connectivity index (χ0) is 22.4. The fourth-order valence-electron chi connectivity index (χ4n) is 4.48. The Bertz CT molecular complexity index is 1060. The fourth-order valence-corrected chi connectivity index (χ4v) is 8.01. The Morgan fingerprint density at radius 1 is 0.600 bits per heavy atom. The van der Waals surface area contributed by atoms with Gasteiger partial charge in [-0.1, -0.05) is 35.4 Å². The highest BCUT2D eigenvalue weighted by Crippen LogP contribution is 2.28. The molecular weight excluding hydrogens is 420 g/mol. The Balaban J connectivity index is 1.82. The van der Waals surface area contributed by atoms with Crippen molar-refractivity contribution in [1.82, 2.24) is 9.44 Å². The average Bonchev–Trinajstić information content (AvgIpc) is 2.54. The SMILES string of the molecule is Cc1cc(C)c(S(=O)(=O)N[C@H]2CC[C@H]2NS(=O)(=O)c2c(C)cc(C)cc2C)c(C)c1. The molecule has 6 nitrogen and oxygen atoms in total. The van der Waals surface area contributed by atoms with Crippen LogP contribution in [-0.4, -0.2) is 28.9 Å². The number of nitrogens with one attached hydrogen (secondary N) is 2. The van der Waals surface area contributed by atoms with Gasteiger partial charge >= 0.3 is 0 Å². The summed E-state index contributed by atoms with van der Waals surface area (Å²) in [6.45, 7) is 11.0. The van der Waals surface area contributed by atoms with Crippen LogP contribution in [0.2, 0.25) is 0 Å². The highest BCUT2D eigenvalue weighted by molar-refractivity contribution is 7.90. The van der Waals surface area contributed by atoms with Gasteiger partial charge in [0.25, 0.3) is 0 Å². The predicted octanol–water partition coefficient (Wildman–Crippen LogP) is 3.32. The molecule has 0 aliphatic heterocycles. The summed E-state index contributed by atoms with van der Waals surface area (Å²) in [4.78, 5) is 0.540. The number of hydrogen-bond acceptors (Lipinski definition) is 4. The van der Waals surface area contributed by atoms with Crippen LogP contribution in [0.5, 0.6) is 0 Å². The Kier molecular flexibility index (Phi) is 6.17. The maximum atomic E-state index is 13.0. The molecule has 2 aromatic rings. The zero-order valence-corrected chi connectivity index (χ0v) is 20.0. The Hall–Kier alpha value is -1.74. The summed E-state index contributed by atoms with van der Waals surface area (Å²) in [7, 11) is -7.52. The van der Waals surface area contributed by atoms with E-state index < -0.39 is 32.1 Å². The molecule has 0 amide bonds. The van der Waals surface area contributed by atoms with Gasteiger partial charge in [0, 0.05) is 12.1 Å². The molecule has 2 N–H and O–H groups in total. The molecule has 0 radical (unpaired) electrons. The summed E-state index contributed by atoms with van der Waals surface area (Å²) in [5, 5.41) is 0. The van der Waals surface area contributed by atoms with Crippen LogP contribution in [0.15, 0.2) is 34.1 Å². The van der Waals surface area contributed by atoms with Crippen molar-refractivity contribution in [1.29, 1.82) is 0 Å². The molecule has 1 saturated carbocycles. The monoisotopic (exact) mass is 450 g/mol. The summed E-state index contributed by atoms with van der Waals surface area (Å²) in [5.41, 5.74) is 4.73. The molecule has 2 aromatic carbocycles.